The van der Waals surface area contributed by atoms with Crippen molar-refractivity contribution in [3.63, 3.8) is 0 Å². The standard InChI is InChI=1S/C20H19Cl2N5O2/c1-12-11-13(2)27(26-12)17-8-7-16(22)18(25-17)20(29)24-10-9-23-19(28)14-5-3-4-6-15(14)21/h3-8,11H,9-10H2,1-2H3,(H,23,28)(H,24,29). The van der Waals surface area contributed by atoms with Gasteiger partial charge in [-0.05, 0) is 44.2 Å². The Bertz CT molecular complexity index is 1060. The predicted molar refractivity (Wildman–Crippen MR) is 112 cm³/mol. The van der Waals surface area contributed by atoms with Gasteiger partial charge in [-0.2, -0.15) is 5.10 Å². The third kappa shape index (κ3) is 4.93. The second-order valence-corrected chi connectivity index (χ2v) is 7.14. The molecular formula is C20H19Cl2N5O2. The van der Waals surface area contributed by atoms with Crippen LogP contribution in [0.5, 0.6) is 0 Å². The van der Waals surface area contributed by atoms with E-state index in [1.807, 2.05) is 19.9 Å². The minimum atomic E-state index is -0.439. The topological polar surface area (TPSA) is 88.9 Å². The van der Waals surface area contributed by atoms with Gasteiger partial charge in [-0.15, -0.1) is 0 Å². The first-order chi connectivity index (χ1) is 13.9. The van der Waals surface area contributed by atoms with Gasteiger partial charge in [0.2, 0.25) is 0 Å². The third-order valence-electron chi connectivity index (χ3n) is 4.09. The van der Waals surface area contributed by atoms with Gasteiger partial charge in [0.1, 0.15) is 5.69 Å². The van der Waals surface area contributed by atoms with E-state index in [1.165, 1.54) is 0 Å². The summed E-state index contributed by atoms with van der Waals surface area (Å²) < 4.78 is 1.65. The number of carbonyl (C=O) groups is 2. The molecule has 3 rings (SSSR count). The van der Waals surface area contributed by atoms with Crippen LogP contribution in [0.15, 0.2) is 42.5 Å². The molecule has 2 aromatic heterocycles. The number of halogens is 2. The Kier molecular flexibility index (Phi) is 6.51. The fourth-order valence-electron chi connectivity index (χ4n) is 2.75. The molecule has 0 unspecified atom stereocenters. The van der Waals surface area contributed by atoms with Crippen molar-refractivity contribution in [3.05, 3.63) is 75.2 Å². The molecule has 150 valence electrons. The van der Waals surface area contributed by atoms with E-state index in [0.29, 0.717) is 16.4 Å². The molecule has 0 bridgehead atoms. The van der Waals surface area contributed by atoms with Gasteiger partial charge in [0.05, 0.1) is 21.3 Å². The highest BCUT2D eigenvalue weighted by Gasteiger charge is 2.15. The molecule has 0 aliphatic heterocycles. The largest absolute Gasteiger partial charge is 0.350 e. The quantitative estimate of drug-likeness (QED) is 0.585. The molecule has 7 nitrogen and oxygen atoms in total. The molecular weight excluding hydrogens is 413 g/mol. The lowest BCUT2D eigenvalue weighted by atomic mass is 10.2. The van der Waals surface area contributed by atoms with E-state index in [9.17, 15) is 9.59 Å². The Morgan fingerprint density at radius 2 is 1.66 bits per heavy atom. The van der Waals surface area contributed by atoms with Crippen molar-refractivity contribution in [3.8, 4) is 5.82 Å². The summed E-state index contributed by atoms with van der Waals surface area (Å²) >= 11 is 12.1. The molecule has 0 atom stereocenters. The number of benzene rings is 1. The Morgan fingerprint density at radius 3 is 2.31 bits per heavy atom. The van der Waals surface area contributed by atoms with Crippen LogP contribution in [-0.2, 0) is 0 Å². The van der Waals surface area contributed by atoms with Gasteiger partial charge in [0, 0.05) is 18.8 Å². The normalized spacial score (nSPS) is 10.6. The molecule has 0 aliphatic carbocycles. The molecule has 2 heterocycles. The maximum Gasteiger partial charge on any atom is 0.271 e. The summed E-state index contributed by atoms with van der Waals surface area (Å²) in [5.41, 5.74) is 2.21. The van der Waals surface area contributed by atoms with E-state index in [0.717, 1.165) is 11.4 Å². The van der Waals surface area contributed by atoms with Gasteiger partial charge < -0.3 is 10.6 Å². The van der Waals surface area contributed by atoms with Gasteiger partial charge in [0.25, 0.3) is 11.8 Å². The first-order valence-corrected chi connectivity index (χ1v) is 9.63. The zero-order chi connectivity index (χ0) is 21.0. The highest BCUT2D eigenvalue weighted by atomic mass is 35.5. The van der Waals surface area contributed by atoms with Crippen LogP contribution in [0, 0.1) is 13.8 Å². The van der Waals surface area contributed by atoms with Crippen LogP contribution in [0.25, 0.3) is 5.82 Å². The van der Waals surface area contributed by atoms with E-state index in [2.05, 4.69) is 20.7 Å². The van der Waals surface area contributed by atoms with Crippen molar-refractivity contribution in [2.75, 3.05) is 13.1 Å². The first kappa shape index (κ1) is 20.8. The van der Waals surface area contributed by atoms with E-state index in [-0.39, 0.29) is 29.7 Å². The molecule has 3 aromatic rings. The minimum absolute atomic E-state index is 0.0918. The van der Waals surface area contributed by atoms with Crippen LogP contribution in [0.3, 0.4) is 0 Å². The molecule has 0 saturated carbocycles. The highest BCUT2D eigenvalue weighted by molar-refractivity contribution is 6.34. The Hall–Kier alpha value is -2.90. The SMILES string of the molecule is Cc1cc(C)n(-c2ccc(Cl)c(C(=O)NCCNC(=O)c3ccccc3Cl)n2)n1. The van der Waals surface area contributed by atoms with E-state index >= 15 is 0 Å². The molecule has 9 heteroatoms. The number of aryl methyl sites for hydroxylation is 2. The van der Waals surface area contributed by atoms with Gasteiger partial charge >= 0.3 is 0 Å². The monoisotopic (exact) mass is 431 g/mol. The first-order valence-electron chi connectivity index (χ1n) is 8.88. The fourth-order valence-corrected chi connectivity index (χ4v) is 3.16. The van der Waals surface area contributed by atoms with Crippen molar-refractivity contribution < 1.29 is 9.59 Å². The van der Waals surface area contributed by atoms with Crippen LogP contribution in [0.4, 0.5) is 0 Å². The average Bonchev–Trinajstić information content (AvgIpc) is 3.03. The number of carbonyl (C=O) groups excluding carboxylic acids is 2. The lowest BCUT2D eigenvalue weighted by Crippen LogP contribution is -2.35. The molecule has 29 heavy (non-hydrogen) atoms. The summed E-state index contributed by atoms with van der Waals surface area (Å²) in [6, 6.07) is 12.0. The van der Waals surface area contributed by atoms with E-state index in [1.54, 1.807) is 41.1 Å². The lowest BCUT2D eigenvalue weighted by molar-refractivity contribution is 0.0925. The number of rotatable bonds is 6. The van der Waals surface area contributed by atoms with Gasteiger partial charge in [-0.1, -0.05) is 35.3 Å². The third-order valence-corrected chi connectivity index (χ3v) is 4.72. The fraction of sp³-hybridized carbons (Fsp3) is 0.200. The molecule has 0 saturated heterocycles. The number of hydrogen-bond donors (Lipinski definition) is 2. The number of hydrogen-bond acceptors (Lipinski definition) is 4. The second-order valence-electron chi connectivity index (χ2n) is 6.33. The predicted octanol–water partition coefficient (Wildman–Crippen LogP) is 3.35. The molecule has 2 N–H and O–H groups in total. The lowest BCUT2D eigenvalue weighted by Gasteiger charge is -2.10. The molecule has 0 radical (unpaired) electrons. The van der Waals surface area contributed by atoms with Crippen LogP contribution >= 0.6 is 23.2 Å². The summed E-state index contributed by atoms with van der Waals surface area (Å²) in [6.07, 6.45) is 0. The molecule has 0 fully saturated rings. The van der Waals surface area contributed by atoms with Crippen molar-refractivity contribution in [2.24, 2.45) is 0 Å². The van der Waals surface area contributed by atoms with Crippen LogP contribution in [0.1, 0.15) is 32.2 Å². The van der Waals surface area contributed by atoms with Gasteiger partial charge in [-0.3, -0.25) is 9.59 Å². The number of nitrogens with one attached hydrogen (secondary N) is 2. The maximum absolute atomic E-state index is 12.5. The minimum Gasteiger partial charge on any atom is -0.350 e. The van der Waals surface area contributed by atoms with Gasteiger partial charge in [-0.25, -0.2) is 9.67 Å². The van der Waals surface area contributed by atoms with Gasteiger partial charge in [0.15, 0.2) is 5.82 Å². The number of aromatic nitrogens is 3. The van der Waals surface area contributed by atoms with E-state index < -0.39 is 5.91 Å². The number of amides is 2. The Morgan fingerprint density at radius 1 is 0.966 bits per heavy atom. The molecule has 0 aliphatic rings. The number of nitrogens with zero attached hydrogens (tertiary/aromatic N) is 3. The smallest absolute Gasteiger partial charge is 0.271 e. The summed E-state index contributed by atoms with van der Waals surface area (Å²) in [6.45, 7) is 4.21. The molecule has 2 amide bonds. The number of pyridine rings is 1. The summed E-state index contributed by atoms with van der Waals surface area (Å²) in [5, 5.41) is 10.4. The van der Waals surface area contributed by atoms with Crippen LogP contribution in [-0.4, -0.2) is 39.7 Å². The zero-order valence-electron chi connectivity index (χ0n) is 15.9. The summed E-state index contributed by atoms with van der Waals surface area (Å²) in [5.74, 6) is -0.255. The van der Waals surface area contributed by atoms with Crippen molar-refractivity contribution in [1.82, 2.24) is 25.4 Å². The van der Waals surface area contributed by atoms with Crippen molar-refractivity contribution in [1.29, 1.82) is 0 Å². The zero-order valence-corrected chi connectivity index (χ0v) is 17.4. The molecule has 0 spiro atoms. The van der Waals surface area contributed by atoms with Crippen LogP contribution in [0.2, 0.25) is 10.0 Å². The Labute approximate surface area is 178 Å². The highest BCUT2D eigenvalue weighted by Crippen LogP contribution is 2.18. The van der Waals surface area contributed by atoms with Crippen molar-refractivity contribution in [2.45, 2.75) is 13.8 Å². The maximum atomic E-state index is 12.5. The summed E-state index contributed by atoms with van der Waals surface area (Å²) in [7, 11) is 0. The van der Waals surface area contributed by atoms with Crippen LogP contribution < -0.4 is 10.6 Å². The Balaban J connectivity index is 1.61. The second kappa shape index (κ2) is 9.07. The van der Waals surface area contributed by atoms with E-state index in [4.69, 9.17) is 23.2 Å². The van der Waals surface area contributed by atoms with Crippen molar-refractivity contribution >= 4 is 35.0 Å². The summed E-state index contributed by atoms with van der Waals surface area (Å²) in [4.78, 5) is 28.9. The molecule has 1 aromatic carbocycles. The average molecular weight is 432 g/mol.